The Hall–Kier alpha value is -2.28. The van der Waals surface area contributed by atoms with E-state index in [0.29, 0.717) is 16.5 Å². The molecule has 1 aliphatic rings. The molecule has 1 saturated heterocycles. The van der Waals surface area contributed by atoms with Gasteiger partial charge in [0.25, 0.3) is 0 Å². The number of ether oxygens (including phenoxy) is 1. The number of nitrogens with zero attached hydrogens (tertiary/aromatic N) is 1. The van der Waals surface area contributed by atoms with E-state index in [1.54, 1.807) is 30.3 Å². The molecule has 25 heavy (non-hydrogen) atoms. The lowest BCUT2D eigenvalue weighted by Crippen LogP contribution is -2.43. The first-order chi connectivity index (χ1) is 11.8. The molecule has 1 unspecified atom stereocenters. The first-order valence-corrected chi connectivity index (χ1v) is 8.08. The van der Waals surface area contributed by atoms with Crippen molar-refractivity contribution in [2.45, 2.75) is 38.6 Å². The van der Waals surface area contributed by atoms with Gasteiger partial charge in [0.05, 0.1) is 6.10 Å². The van der Waals surface area contributed by atoms with Crippen LogP contribution in [-0.4, -0.2) is 29.7 Å². The summed E-state index contributed by atoms with van der Waals surface area (Å²) in [5.74, 6) is -0.0309. The number of hydrogen-bond donors (Lipinski definition) is 1. The number of rotatable bonds is 4. The van der Waals surface area contributed by atoms with Crippen molar-refractivity contribution in [1.29, 1.82) is 0 Å². The summed E-state index contributed by atoms with van der Waals surface area (Å²) in [6, 6.07) is 8.10. The maximum absolute atomic E-state index is 13.9. The van der Waals surface area contributed by atoms with Crippen molar-refractivity contribution in [3.63, 3.8) is 0 Å². The zero-order chi connectivity index (χ0) is 18.2. The van der Waals surface area contributed by atoms with Gasteiger partial charge in [0.15, 0.2) is 6.04 Å². The highest BCUT2D eigenvalue weighted by Gasteiger charge is 2.47. The Bertz CT molecular complexity index is 789. The SMILES string of the molecule is CC(C)Oc1cc(C(N2CCC(=O)N2)C(F)(F)F)c2ccccc2c1. The zero-order valence-corrected chi connectivity index (χ0v) is 13.9. The maximum atomic E-state index is 13.9. The van der Waals surface area contributed by atoms with Crippen LogP contribution in [0.15, 0.2) is 36.4 Å². The van der Waals surface area contributed by atoms with Crippen molar-refractivity contribution in [1.82, 2.24) is 10.4 Å². The lowest BCUT2D eigenvalue weighted by Gasteiger charge is -2.30. The monoisotopic (exact) mass is 352 g/mol. The number of halogens is 3. The van der Waals surface area contributed by atoms with Crippen LogP contribution in [0.25, 0.3) is 10.8 Å². The molecule has 2 aromatic carbocycles. The molecule has 7 heteroatoms. The number of carbonyl (C=O) groups is 1. The van der Waals surface area contributed by atoms with Gasteiger partial charge in [-0.1, -0.05) is 24.3 Å². The van der Waals surface area contributed by atoms with Gasteiger partial charge in [-0.2, -0.15) is 13.2 Å². The summed E-state index contributed by atoms with van der Waals surface area (Å²) in [6.45, 7) is 3.64. The number of nitrogens with one attached hydrogen (secondary N) is 1. The number of amides is 1. The van der Waals surface area contributed by atoms with Crippen LogP contribution in [0.5, 0.6) is 5.75 Å². The summed E-state index contributed by atoms with van der Waals surface area (Å²) in [6.07, 6.45) is -4.66. The van der Waals surface area contributed by atoms with Crippen LogP contribution in [0.1, 0.15) is 31.9 Å². The van der Waals surface area contributed by atoms with E-state index in [9.17, 15) is 18.0 Å². The highest BCUT2D eigenvalue weighted by molar-refractivity contribution is 5.88. The molecule has 3 rings (SSSR count). The molecule has 4 nitrogen and oxygen atoms in total. The minimum absolute atomic E-state index is 0.00655. The van der Waals surface area contributed by atoms with Gasteiger partial charge in [-0.15, -0.1) is 0 Å². The fraction of sp³-hybridized carbons (Fsp3) is 0.389. The van der Waals surface area contributed by atoms with Crippen LogP contribution in [0.4, 0.5) is 13.2 Å². The molecule has 134 valence electrons. The molecule has 0 spiro atoms. The van der Waals surface area contributed by atoms with Crippen LogP contribution < -0.4 is 10.2 Å². The Morgan fingerprint density at radius 3 is 2.52 bits per heavy atom. The van der Waals surface area contributed by atoms with E-state index in [2.05, 4.69) is 5.43 Å². The Morgan fingerprint density at radius 2 is 1.92 bits per heavy atom. The lowest BCUT2D eigenvalue weighted by atomic mass is 9.97. The highest BCUT2D eigenvalue weighted by Crippen LogP contribution is 2.42. The predicted octanol–water partition coefficient (Wildman–Crippen LogP) is 3.97. The van der Waals surface area contributed by atoms with E-state index in [1.807, 2.05) is 13.8 Å². The number of fused-ring (bicyclic) bond motifs is 1. The molecule has 1 heterocycles. The van der Waals surface area contributed by atoms with Crippen LogP contribution in [0.3, 0.4) is 0 Å². The summed E-state index contributed by atoms with van der Waals surface area (Å²) in [5, 5.41) is 2.11. The molecule has 0 radical (unpaired) electrons. The fourth-order valence-corrected chi connectivity index (χ4v) is 3.09. The van der Waals surface area contributed by atoms with Gasteiger partial charge in [-0.25, -0.2) is 5.01 Å². The molecule has 2 aromatic rings. The van der Waals surface area contributed by atoms with Crippen LogP contribution >= 0.6 is 0 Å². The zero-order valence-electron chi connectivity index (χ0n) is 13.9. The summed E-state index contributed by atoms with van der Waals surface area (Å²) in [7, 11) is 0. The molecule has 0 saturated carbocycles. The lowest BCUT2D eigenvalue weighted by molar-refractivity contribution is -0.190. The van der Waals surface area contributed by atoms with Crippen LogP contribution in [0.2, 0.25) is 0 Å². The minimum atomic E-state index is -4.54. The molecular weight excluding hydrogens is 333 g/mol. The second kappa shape index (κ2) is 6.55. The van der Waals surface area contributed by atoms with Gasteiger partial charge >= 0.3 is 6.18 Å². The summed E-state index contributed by atoms with van der Waals surface area (Å²) in [4.78, 5) is 11.4. The predicted molar refractivity (Wildman–Crippen MR) is 88.0 cm³/mol. The molecule has 1 amide bonds. The van der Waals surface area contributed by atoms with Crippen molar-refractivity contribution in [2.75, 3.05) is 6.54 Å². The molecule has 1 fully saturated rings. The Kier molecular flexibility index (Phi) is 4.60. The summed E-state index contributed by atoms with van der Waals surface area (Å²) in [5.41, 5.74) is 2.39. The Morgan fingerprint density at radius 1 is 1.20 bits per heavy atom. The van der Waals surface area contributed by atoms with Gasteiger partial charge in [-0.05, 0) is 42.3 Å². The largest absolute Gasteiger partial charge is 0.491 e. The number of carbonyl (C=O) groups excluding carboxylic acids is 1. The van der Waals surface area contributed by atoms with E-state index in [-0.39, 0.29) is 24.6 Å². The van der Waals surface area contributed by atoms with Gasteiger partial charge in [0, 0.05) is 13.0 Å². The molecule has 1 aliphatic heterocycles. The number of benzene rings is 2. The van der Waals surface area contributed by atoms with Crippen LogP contribution in [-0.2, 0) is 4.79 Å². The standard InChI is InChI=1S/C18H19F3N2O2/c1-11(2)25-13-9-12-5-3-4-6-14(12)15(10-13)17(18(19,20)21)23-8-7-16(24)22-23/h3-6,9-11,17H,7-8H2,1-2H3,(H,22,24). The second-order valence-corrected chi connectivity index (χ2v) is 6.32. The van der Waals surface area contributed by atoms with E-state index >= 15 is 0 Å². The average Bonchev–Trinajstić information content (AvgIpc) is 2.91. The third-order valence-electron chi connectivity index (χ3n) is 4.00. The Labute approximate surface area is 143 Å². The first-order valence-electron chi connectivity index (χ1n) is 8.08. The topological polar surface area (TPSA) is 41.6 Å². The van der Waals surface area contributed by atoms with Crippen molar-refractivity contribution in [3.05, 3.63) is 42.0 Å². The van der Waals surface area contributed by atoms with Gasteiger partial charge < -0.3 is 4.74 Å². The average molecular weight is 352 g/mol. The molecule has 1 N–H and O–H groups in total. The summed E-state index contributed by atoms with van der Waals surface area (Å²) < 4.78 is 47.3. The Balaban J connectivity index is 2.16. The quantitative estimate of drug-likeness (QED) is 0.905. The molecule has 0 bridgehead atoms. The smallest absolute Gasteiger partial charge is 0.409 e. The third-order valence-corrected chi connectivity index (χ3v) is 4.00. The number of hydrogen-bond acceptors (Lipinski definition) is 3. The summed E-state index contributed by atoms with van der Waals surface area (Å²) >= 11 is 0. The molecule has 1 atom stereocenters. The van der Waals surface area contributed by atoms with E-state index in [0.717, 1.165) is 5.01 Å². The normalized spacial score (nSPS) is 17.1. The third kappa shape index (κ3) is 3.71. The maximum Gasteiger partial charge on any atom is 0.409 e. The molecule has 0 aromatic heterocycles. The van der Waals surface area contributed by atoms with Crippen molar-refractivity contribution in [2.24, 2.45) is 0 Å². The highest BCUT2D eigenvalue weighted by atomic mass is 19.4. The van der Waals surface area contributed by atoms with Gasteiger partial charge in [0.2, 0.25) is 5.91 Å². The van der Waals surface area contributed by atoms with Crippen molar-refractivity contribution < 1.29 is 22.7 Å². The van der Waals surface area contributed by atoms with Crippen molar-refractivity contribution in [3.8, 4) is 5.75 Å². The van der Waals surface area contributed by atoms with Gasteiger partial charge in [0.1, 0.15) is 5.75 Å². The second-order valence-electron chi connectivity index (χ2n) is 6.32. The minimum Gasteiger partial charge on any atom is -0.491 e. The molecular formula is C18H19F3N2O2. The number of hydrazine groups is 1. The van der Waals surface area contributed by atoms with E-state index in [4.69, 9.17) is 4.74 Å². The van der Waals surface area contributed by atoms with Crippen molar-refractivity contribution >= 4 is 16.7 Å². The van der Waals surface area contributed by atoms with E-state index < -0.39 is 18.1 Å². The first kappa shape index (κ1) is 17.5. The van der Waals surface area contributed by atoms with Gasteiger partial charge in [-0.3, -0.25) is 10.2 Å². The van der Waals surface area contributed by atoms with Crippen LogP contribution in [0, 0.1) is 0 Å². The van der Waals surface area contributed by atoms with E-state index in [1.165, 1.54) is 6.07 Å². The molecule has 0 aliphatic carbocycles. The number of alkyl halides is 3. The fourth-order valence-electron chi connectivity index (χ4n) is 3.09.